The van der Waals surface area contributed by atoms with Gasteiger partial charge in [0.1, 0.15) is 0 Å². The van der Waals surface area contributed by atoms with Crippen molar-refractivity contribution in [3.63, 3.8) is 0 Å². The summed E-state index contributed by atoms with van der Waals surface area (Å²) in [5.74, 6) is -0.534. The van der Waals surface area contributed by atoms with Crippen molar-refractivity contribution in [2.24, 2.45) is 0 Å². The van der Waals surface area contributed by atoms with E-state index in [1.54, 1.807) is 11.0 Å². The molecule has 0 bridgehead atoms. The van der Waals surface area contributed by atoms with Crippen LogP contribution in [0, 0.1) is 0 Å². The van der Waals surface area contributed by atoms with Crippen LogP contribution in [0.1, 0.15) is 29.3 Å². The number of rotatable bonds is 6. The normalized spacial score (nSPS) is 15.2. The Labute approximate surface area is 183 Å². The van der Waals surface area contributed by atoms with Crippen LogP contribution in [0.25, 0.3) is 0 Å². The highest BCUT2D eigenvalue weighted by atomic mass is 32.2. The van der Waals surface area contributed by atoms with Gasteiger partial charge in [-0.2, -0.15) is 0 Å². The Morgan fingerprint density at radius 2 is 1.74 bits per heavy atom. The Kier molecular flexibility index (Phi) is 7.29. The lowest BCUT2D eigenvalue weighted by Crippen LogP contribution is -2.35. The molecular formula is C22H28N4O4S. The molecule has 0 aromatic heterocycles. The number of anilines is 2. The molecule has 1 aliphatic heterocycles. The summed E-state index contributed by atoms with van der Waals surface area (Å²) in [4.78, 5) is 28.8. The smallest absolute Gasteiger partial charge is 0.256 e. The lowest BCUT2D eigenvalue weighted by molar-refractivity contribution is -0.114. The van der Waals surface area contributed by atoms with Gasteiger partial charge in [0.25, 0.3) is 5.91 Å². The number of nitrogens with zero attached hydrogens (tertiary/aromatic N) is 2. The van der Waals surface area contributed by atoms with E-state index in [2.05, 4.69) is 27.1 Å². The van der Waals surface area contributed by atoms with Gasteiger partial charge in [-0.25, -0.2) is 8.42 Å². The SMILES string of the molecule is CC(=O)Nc1ccc(NS(C)(=O)=O)c(C(=O)N2CCCN(Cc3ccccc3)CC2)c1. The van der Waals surface area contributed by atoms with E-state index in [0.29, 0.717) is 18.8 Å². The van der Waals surface area contributed by atoms with Gasteiger partial charge in [0.05, 0.1) is 17.5 Å². The highest BCUT2D eigenvalue weighted by Crippen LogP contribution is 2.24. The van der Waals surface area contributed by atoms with E-state index in [1.807, 2.05) is 18.2 Å². The van der Waals surface area contributed by atoms with Crippen LogP contribution in [0.15, 0.2) is 48.5 Å². The molecule has 3 rings (SSSR count). The van der Waals surface area contributed by atoms with E-state index in [0.717, 1.165) is 32.3 Å². The fraction of sp³-hybridized carbons (Fsp3) is 0.364. The molecule has 0 spiro atoms. The van der Waals surface area contributed by atoms with Gasteiger partial charge in [-0.05, 0) is 30.2 Å². The van der Waals surface area contributed by atoms with E-state index in [4.69, 9.17) is 0 Å². The summed E-state index contributed by atoms with van der Waals surface area (Å²) in [6, 6.07) is 14.8. The van der Waals surface area contributed by atoms with Crippen molar-refractivity contribution in [2.45, 2.75) is 19.9 Å². The monoisotopic (exact) mass is 444 g/mol. The Balaban J connectivity index is 1.77. The van der Waals surface area contributed by atoms with E-state index < -0.39 is 10.0 Å². The maximum absolute atomic E-state index is 13.3. The zero-order valence-electron chi connectivity index (χ0n) is 17.8. The fourth-order valence-corrected chi connectivity index (χ4v) is 4.21. The zero-order valence-corrected chi connectivity index (χ0v) is 18.6. The molecule has 1 heterocycles. The summed E-state index contributed by atoms with van der Waals surface area (Å²) in [5, 5.41) is 2.64. The molecule has 1 saturated heterocycles. The molecule has 0 unspecified atom stereocenters. The number of amides is 2. The van der Waals surface area contributed by atoms with E-state index in [1.165, 1.54) is 24.6 Å². The first-order valence-electron chi connectivity index (χ1n) is 10.2. The van der Waals surface area contributed by atoms with Crippen molar-refractivity contribution >= 4 is 33.2 Å². The average molecular weight is 445 g/mol. The largest absolute Gasteiger partial charge is 0.337 e. The average Bonchev–Trinajstić information content (AvgIpc) is 2.93. The summed E-state index contributed by atoms with van der Waals surface area (Å²) in [7, 11) is -3.57. The van der Waals surface area contributed by atoms with Crippen molar-refractivity contribution in [1.29, 1.82) is 0 Å². The Morgan fingerprint density at radius 3 is 2.42 bits per heavy atom. The van der Waals surface area contributed by atoms with Gasteiger partial charge in [0.15, 0.2) is 0 Å². The molecule has 2 aromatic carbocycles. The van der Waals surface area contributed by atoms with Crippen LogP contribution in [0.3, 0.4) is 0 Å². The van der Waals surface area contributed by atoms with Crippen LogP contribution >= 0.6 is 0 Å². The summed E-state index contributed by atoms with van der Waals surface area (Å²) >= 11 is 0. The van der Waals surface area contributed by atoms with E-state index >= 15 is 0 Å². The summed E-state index contributed by atoms with van der Waals surface area (Å²) in [5.41, 5.74) is 2.08. The minimum atomic E-state index is -3.57. The summed E-state index contributed by atoms with van der Waals surface area (Å²) in [6.07, 6.45) is 1.86. The maximum Gasteiger partial charge on any atom is 0.256 e. The van der Waals surface area contributed by atoms with Crippen molar-refractivity contribution in [3.05, 3.63) is 59.7 Å². The number of sulfonamides is 1. The molecule has 0 saturated carbocycles. The number of carbonyl (C=O) groups is 2. The van der Waals surface area contributed by atoms with Crippen LogP contribution in [0.4, 0.5) is 11.4 Å². The first kappa shape index (κ1) is 22.8. The molecule has 9 heteroatoms. The molecule has 0 radical (unpaired) electrons. The van der Waals surface area contributed by atoms with Gasteiger partial charge >= 0.3 is 0 Å². The number of benzene rings is 2. The summed E-state index contributed by atoms with van der Waals surface area (Å²) < 4.78 is 26.0. The summed E-state index contributed by atoms with van der Waals surface area (Å²) in [6.45, 7) is 4.91. The molecule has 0 aliphatic carbocycles. The first-order chi connectivity index (χ1) is 14.7. The van der Waals surface area contributed by atoms with Gasteiger partial charge in [0, 0.05) is 45.3 Å². The predicted octanol–water partition coefficient (Wildman–Crippen LogP) is 2.36. The fourth-order valence-electron chi connectivity index (χ4n) is 3.64. The predicted molar refractivity (Wildman–Crippen MR) is 121 cm³/mol. The maximum atomic E-state index is 13.3. The van der Waals surface area contributed by atoms with Crippen LogP contribution < -0.4 is 10.0 Å². The minimum Gasteiger partial charge on any atom is -0.337 e. The molecular weight excluding hydrogens is 416 g/mol. The minimum absolute atomic E-state index is 0.201. The second-order valence-electron chi connectivity index (χ2n) is 7.72. The van der Waals surface area contributed by atoms with Crippen molar-refractivity contribution < 1.29 is 18.0 Å². The number of hydrogen-bond donors (Lipinski definition) is 2. The van der Waals surface area contributed by atoms with Crippen molar-refractivity contribution in [2.75, 3.05) is 42.5 Å². The van der Waals surface area contributed by atoms with Gasteiger partial charge in [-0.15, -0.1) is 0 Å². The lowest BCUT2D eigenvalue weighted by Gasteiger charge is -2.23. The third-order valence-corrected chi connectivity index (χ3v) is 5.58. The van der Waals surface area contributed by atoms with Gasteiger partial charge in [0.2, 0.25) is 15.9 Å². The van der Waals surface area contributed by atoms with Gasteiger partial charge in [-0.3, -0.25) is 19.2 Å². The number of nitrogens with one attached hydrogen (secondary N) is 2. The Hall–Kier alpha value is -2.91. The first-order valence-corrected chi connectivity index (χ1v) is 12.1. The molecule has 1 fully saturated rings. The highest BCUT2D eigenvalue weighted by Gasteiger charge is 2.24. The van der Waals surface area contributed by atoms with Crippen molar-refractivity contribution in [1.82, 2.24) is 9.80 Å². The van der Waals surface area contributed by atoms with E-state index in [9.17, 15) is 18.0 Å². The highest BCUT2D eigenvalue weighted by molar-refractivity contribution is 7.92. The van der Waals surface area contributed by atoms with Gasteiger partial charge < -0.3 is 10.2 Å². The molecule has 0 atom stereocenters. The second kappa shape index (κ2) is 9.93. The lowest BCUT2D eigenvalue weighted by atomic mass is 10.1. The zero-order chi connectivity index (χ0) is 22.4. The Morgan fingerprint density at radius 1 is 1.00 bits per heavy atom. The second-order valence-corrected chi connectivity index (χ2v) is 9.47. The standard InChI is InChI=1S/C22H28N4O4S/c1-17(27)23-19-9-10-21(24-31(2,29)30)20(15-19)22(28)26-12-6-11-25(13-14-26)16-18-7-4-3-5-8-18/h3-5,7-10,15,24H,6,11-14,16H2,1-2H3,(H,23,27). The van der Waals surface area contributed by atoms with Crippen LogP contribution in [-0.2, 0) is 21.4 Å². The quantitative estimate of drug-likeness (QED) is 0.713. The molecule has 2 aromatic rings. The topological polar surface area (TPSA) is 98.8 Å². The molecule has 1 aliphatic rings. The molecule has 2 N–H and O–H groups in total. The van der Waals surface area contributed by atoms with Crippen molar-refractivity contribution in [3.8, 4) is 0 Å². The van der Waals surface area contributed by atoms with Crippen LogP contribution in [0.5, 0.6) is 0 Å². The van der Waals surface area contributed by atoms with E-state index in [-0.39, 0.29) is 23.1 Å². The molecule has 166 valence electrons. The third-order valence-electron chi connectivity index (χ3n) is 4.99. The van der Waals surface area contributed by atoms with Crippen LogP contribution in [-0.4, -0.2) is 62.5 Å². The van der Waals surface area contributed by atoms with Crippen LogP contribution in [0.2, 0.25) is 0 Å². The number of carbonyl (C=O) groups excluding carboxylic acids is 2. The number of hydrogen-bond acceptors (Lipinski definition) is 5. The molecule has 31 heavy (non-hydrogen) atoms. The third kappa shape index (κ3) is 6.80. The molecule has 8 nitrogen and oxygen atoms in total. The Bertz CT molecular complexity index is 1040. The molecule has 2 amide bonds. The van der Waals surface area contributed by atoms with Gasteiger partial charge in [-0.1, -0.05) is 30.3 Å².